The number of benzene rings is 3. The van der Waals surface area contributed by atoms with Crippen LogP contribution in [-0.4, -0.2) is 24.3 Å². The summed E-state index contributed by atoms with van der Waals surface area (Å²) in [5.41, 5.74) is 3.89. The molecule has 0 radical (unpaired) electrons. The van der Waals surface area contributed by atoms with Crippen molar-refractivity contribution in [3.8, 4) is 28.5 Å². The number of hydrogen-bond donors (Lipinski definition) is 1. The Balaban J connectivity index is 1.46. The predicted octanol–water partition coefficient (Wildman–Crippen LogP) is 4.96. The Morgan fingerprint density at radius 1 is 1.00 bits per heavy atom. The highest BCUT2D eigenvalue weighted by molar-refractivity contribution is 6.07. The van der Waals surface area contributed by atoms with Gasteiger partial charge in [-0.1, -0.05) is 36.4 Å². The van der Waals surface area contributed by atoms with Gasteiger partial charge < -0.3 is 19.5 Å². The van der Waals surface area contributed by atoms with Crippen LogP contribution in [0.5, 0.6) is 17.2 Å². The van der Waals surface area contributed by atoms with Crippen molar-refractivity contribution < 1.29 is 19.0 Å². The Morgan fingerprint density at radius 2 is 1.88 bits per heavy atom. The zero-order valence-electron chi connectivity index (χ0n) is 17.6. The molecule has 0 spiro atoms. The molecule has 4 aromatic rings. The molecule has 1 aromatic heterocycles. The number of amides is 1. The molecule has 6 heteroatoms. The van der Waals surface area contributed by atoms with E-state index in [0.29, 0.717) is 24.5 Å². The van der Waals surface area contributed by atoms with E-state index in [9.17, 15) is 4.79 Å². The third-order valence-corrected chi connectivity index (χ3v) is 5.29. The van der Waals surface area contributed by atoms with Crippen LogP contribution >= 0.6 is 0 Å². The third-order valence-electron chi connectivity index (χ3n) is 5.29. The molecule has 0 saturated carbocycles. The monoisotopic (exact) mass is 426 g/mol. The molecule has 160 valence electrons. The number of carbonyl (C=O) groups is 1. The van der Waals surface area contributed by atoms with Crippen molar-refractivity contribution in [2.45, 2.75) is 13.5 Å². The fourth-order valence-corrected chi connectivity index (χ4v) is 3.75. The Labute approximate surface area is 185 Å². The fraction of sp³-hybridized carbons (Fsp3) is 0.154. The van der Waals surface area contributed by atoms with Gasteiger partial charge in [0.05, 0.1) is 23.4 Å². The third kappa shape index (κ3) is 3.95. The average Bonchev–Trinajstić information content (AvgIpc) is 3.30. The Bertz CT molecular complexity index is 1300. The zero-order chi connectivity index (χ0) is 21.9. The first-order valence-electron chi connectivity index (χ1n) is 10.5. The van der Waals surface area contributed by atoms with Crippen molar-refractivity contribution >= 4 is 16.8 Å². The minimum Gasteiger partial charge on any atom is -0.494 e. The second-order valence-corrected chi connectivity index (χ2v) is 7.40. The van der Waals surface area contributed by atoms with Crippen LogP contribution in [0.1, 0.15) is 22.8 Å². The normalized spacial score (nSPS) is 12.0. The summed E-state index contributed by atoms with van der Waals surface area (Å²) in [6, 6.07) is 22.9. The van der Waals surface area contributed by atoms with Crippen LogP contribution in [0.3, 0.4) is 0 Å². The molecular formula is C26H22N2O4. The van der Waals surface area contributed by atoms with E-state index in [-0.39, 0.29) is 12.7 Å². The summed E-state index contributed by atoms with van der Waals surface area (Å²) in [5.74, 6) is 2.03. The SMILES string of the molecule is CCOc1cccc(-c2cc(C(=O)NCc3ccc4c(c3)OCO4)c3ccccc3n2)c1. The van der Waals surface area contributed by atoms with E-state index >= 15 is 0 Å². The smallest absolute Gasteiger partial charge is 0.252 e. The Kier molecular flexibility index (Phi) is 5.34. The molecule has 1 N–H and O–H groups in total. The molecular weight excluding hydrogens is 404 g/mol. The number of nitrogens with zero attached hydrogens (tertiary/aromatic N) is 1. The van der Waals surface area contributed by atoms with Crippen molar-refractivity contribution in [1.29, 1.82) is 0 Å². The molecule has 1 amide bonds. The quantitative estimate of drug-likeness (QED) is 0.472. The second-order valence-electron chi connectivity index (χ2n) is 7.40. The van der Waals surface area contributed by atoms with Crippen molar-refractivity contribution in [1.82, 2.24) is 10.3 Å². The van der Waals surface area contributed by atoms with Gasteiger partial charge in [-0.05, 0) is 48.9 Å². The zero-order valence-corrected chi connectivity index (χ0v) is 17.6. The summed E-state index contributed by atoms with van der Waals surface area (Å²) in [7, 11) is 0. The van der Waals surface area contributed by atoms with E-state index in [0.717, 1.165) is 39.2 Å². The number of pyridine rings is 1. The maximum Gasteiger partial charge on any atom is 0.252 e. The number of hydrogen-bond acceptors (Lipinski definition) is 5. The topological polar surface area (TPSA) is 69.7 Å². The lowest BCUT2D eigenvalue weighted by atomic mass is 10.0. The maximum absolute atomic E-state index is 13.2. The summed E-state index contributed by atoms with van der Waals surface area (Å²) in [5, 5.41) is 3.83. The van der Waals surface area contributed by atoms with Gasteiger partial charge >= 0.3 is 0 Å². The van der Waals surface area contributed by atoms with Crippen molar-refractivity contribution in [3.05, 3.63) is 83.9 Å². The van der Waals surface area contributed by atoms with E-state index in [1.807, 2.05) is 79.7 Å². The highest BCUT2D eigenvalue weighted by Crippen LogP contribution is 2.32. The van der Waals surface area contributed by atoms with Crippen LogP contribution in [0.15, 0.2) is 72.8 Å². The second kappa shape index (κ2) is 8.59. The summed E-state index contributed by atoms with van der Waals surface area (Å²) in [4.78, 5) is 18.0. The lowest BCUT2D eigenvalue weighted by molar-refractivity contribution is 0.0952. The van der Waals surface area contributed by atoms with E-state index in [1.54, 1.807) is 0 Å². The number of para-hydroxylation sites is 1. The first-order chi connectivity index (χ1) is 15.7. The Morgan fingerprint density at radius 3 is 2.78 bits per heavy atom. The van der Waals surface area contributed by atoms with E-state index in [4.69, 9.17) is 19.2 Å². The van der Waals surface area contributed by atoms with Crippen LogP contribution in [0.2, 0.25) is 0 Å². The number of fused-ring (bicyclic) bond motifs is 2. The van der Waals surface area contributed by atoms with Crippen molar-refractivity contribution in [2.75, 3.05) is 13.4 Å². The highest BCUT2D eigenvalue weighted by atomic mass is 16.7. The summed E-state index contributed by atoms with van der Waals surface area (Å²) < 4.78 is 16.4. The lowest BCUT2D eigenvalue weighted by Crippen LogP contribution is -2.23. The van der Waals surface area contributed by atoms with Gasteiger partial charge in [-0.3, -0.25) is 4.79 Å². The summed E-state index contributed by atoms with van der Waals surface area (Å²) in [6.07, 6.45) is 0. The van der Waals surface area contributed by atoms with E-state index in [2.05, 4.69) is 5.32 Å². The number of nitrogens with one attached hydrogen (secondary N) is 1. The molecule has 5 rings (SSSR count). The van der Waals surface area contributed by atoms with Gasteiger partial charge in [0.2, 0.25) is 6.79 Å². The minimum absolute atomic E-state index is 0.163. The number of ether oxygens (including phenoxy) is 3. The van der Waals surface area contributed by atoms with Crippen LogP contribution in [0.4, 0.5) is 0 Å². The molecule has 0 unspecified atom stereocenters. The van der Waals surface area contributed by atoms with Gasteiger partial charge in [0.15, 0.2) is 11.5 Å². The fourth-order valence-electron chi connectivity index (χ4n) is 3.75. The molecule has 1 aliphatic heterocycles. The summed E-state index contributed by atoms with van der Waals surface area (Å²) >= 11 is 0. The van der Waals surface area contributed by atoms with E-state index in [1.165, 1.54) is 0 Å². The largest absolute Gasteiger partial charge is 0.494 e. The highest BCUT2D eigenvalue weighted by Gasteiger charge is 2.16. The molecule has 0 aliphatic carbocycles. The molecule has 32 heavy (non-hydrogen) atoms. The lowest BCUT2D eigenvalue weighted by Gasteiger charge is -2.12. The molecule has 1 aliphatic rings. The Hall–Kier alpha value is -4.06. The van der Waals surface area contributed by atoms with Gasteiger partial charge in [-0.2, -0.15) is 0 Å². The molecule has 6 nitrogen and oxygen atoms in total. The molecule has 0 bridgehead atoms. The van der Waals surface area contributed by atoms with Crippen LogP contribution in [-0.2, 0) is 6.54 Å². The van der Waals surface area contributed by atoms with Crippen LogP contribution in [0.25, 0.3) is 22.2 Å². The van der Waals surface area contributed by atoms with Crippen molar-refractivity contribution in [2.24, 2.45) is 0 Å². The van der Waals surface area contributed by atoms with Crippen LogP contribution in [0, 0.1) is 0 Å². The molecule has 3 aromatic carbocycles. The number of rotatable bonds is 6. The number of aromatic nitrogens is 1. The molecule has 0 fully saturated rings. The van der Waals surface area contributed by atoms with Crippen molar-refractivity contribution in [3.63, 3.8) is 0 Å². The van der Waals surface area contributed by atoms with Crippen LogP contribution < -0.4 is 19.5 Å². The molecule has 0 saturated heterocycles. The number of carbonyl (C=O) groups excluding carboxylic acids is 1. The molecule has 2 heterocycles. The van der Waals surface area contributed by atoms with Gasteiger partial charge in [0.1, 0.15) is 5.75 Å². The van der Waals surface area contributed by atoms with Gasteiger partial charge in [0, 0.05) is 17.5 Å². The standard InChI is InChI=1S/C26H22N2O4/c1-2-30-19-7-5-6-18(13-19)23-14-21(20-8-3-4-9-22(20)28-23)26(29)27-15-17-10-11-24-25(12-17)32-16-31-24/h3-14H,2,15-16H2,1H3,(H,27,29). The maximum atomic E-state index is 13.2. The minimum atomic E-state index is -0.163. The first-order valence-corrected chi connectivity index (χ1v) is 10.5. The molecule has 0 atom stereocenters. The predicted molar refractivity (Wildman–Crippen MR) is 122 cm³/mol. The van der Waals surface area contributed by atoms with E-state index < -0.39 is 0 Å². The first kappa shape index (κ1) is 19.9. The average molecular weight is 426 g/mol. The van der Waals surface area contributed by atoms with Gasteiger partial charge in [-0.25, -0.2) is 4.98 Å². The van der Waals surface area contributed by atoms with Gasteiger partial charge in [-0.15, -0.1) is 0 Å². The summed E-state index contributed by atoms with van der Waals surface area (Å²) in [6.45, 7) is 3.13. The van der Waals surface area contributed by atoms with Gasteiger partial charge in [0.25, 0.3) is 5.91 Å².